The number of nitrogens with one attached hydrogen (secondary N) is 2. The van der Waals surface area contributed by atoms with Crippen LogP contribution in [0.25, 0.3) is 10.3 Å². The number of nitrogens with zero attached hydrogens (tertiary/aromatic N) is 4. The summed E-state index contributed by atoms with van der Waals surface area (Å²) in [6.45, 7) is 6.67. The molecule has 4 rings (SSSR count). The van der Waals surface area contributed by atoms with Gasteiger partial charge in [-0.15, -0.1) is 0 Å². The lowest BCUT2D eigenvalue weighted by atomic mass is 9.71. The van der Waals surface area contributed by atoms with Crippen molar-refractivity contribution >= 4 is 43.6 Å². The van der Waals surface area contributed by atoms with Gasteiger partial charge in [-0.25, -0.2) is 15.0 Å². The molecule has 3 aromatic heterocycles. The number of hydrogen-bond donors (Lipinski definition) is 3. The van der Waals surface area contributed by atoms with E-state index in [1.807, 2.05) is 0 Å². The van der Waals surface area contributed by atoms with Gasteiger partial charge in [-0.3, -0.25) is 9.52 Å². The van der Waals surface area contributed by atoms with Crippen molar-refractivity contribution in [2.24, 2.45) is 11.3 Å². The van der Waals surface area contributed by atoms with E-state index in [1.54, 1.807) is 6.07 Å². The highest BCUT2D eigenvalue weighted by molar-refractivity contribution is 7.90. The Morgan fingerprint density at radius 2 is 2.03 bits per heavy atom. The zero-order valence-corrected chi connectivity index (χ0v) is 23.4. The first-order chi connectivity index (χ1) is 17.4. The second-order valence-corrected chi connectivity index (χ2v) is 13.5. The molecule has 3 aromatic rings. The van der Waals surface area contributed by atoms with Crippen molar-refractivity contribution in [3.63, 3.8) is 0 Å². The van der Waals surface area contributed by atoms with E-state index in [1.165, 1.54) is 43.3 Å². The molecule has 10 nitrogen and oxygen atoms in total. The van der Waals surface area contributed by atoms with Crippen LogP contribution in [0.4, 0.5) is 5.82 Å². The van der Waals surface area contributed by atoms with Crippen LogP contribution in [0.5, 0.6) is 0 Å². The normalized spacial score (nSPS) is 17.0. The molecule has 0 spiro atoms. The molecule has 1 aliphatic rings. The molecule has 37 heavy (non-hydrogen) atoms. The molecule has 1 amide bonds. The average molecular weight is 547 g/mol. The highest BCUT2D eigenvalue weighted by Crippen LogP contribution is 2.38. The minimum absolute atomic E-state index is 0.150. The molecule has 200 valence electrons. The molecule has 0 saturated carbocycles. The van der Waals surface area contributed by atoms with Crippen molar-refractivity contribution in [3.05, 3.63) is 46.2 Å². The highest BCUT2D eigenvalue weighted by atomic mass is 32.2. The minimum atomic E-state index is -3.68. The molecule has 1 unspecified atom stereocenters. The first kappa shape index (κ1) is 27.4. The first-order valence-electron chi connectivity index (χ1n) is 12.2. The zero-order valence-electron chi connectivity index (χ0n) is 21.8. The molecule has 0 bridgehead atoms. The number of thiazole rings is 1. The van der Waals surface area contributed by atoms with Crippen molar-refractivity contribution in [2.45, 2.75) is 52.5 Å². The third-order valence-corrected chi connectivity index (χ3v) is 9.19. The lowest BCUT2D eigenvalue weighted by Crippen LogP contribution is -2.30. The quantitative estimate of drug-likeness (QED) is 0.394. The van der Waals surface area contributed by atoms with Gasteiger partial charge in [-0.1, -0.05) is 38.2 Å². The van der Waals surface area contributed by atoms with Crippen LogP contribution in [0.1, 0.15) is 66.3 Å². The van der Waals surface area contributed by atoms with Crippen molar-refractivity contribution < 1.29 is 18.3 Å². The topological polar surface area (TPSA) is 137 Å². The summed E-state index contributed by atoms with van der Waals surface area (Å²) in [7, 11) is -0.850. The van der Waals surface area contributed by atoms with Crippen molar-refractivity contribution in [3.8, 4) is 0 Å². The third-order valence-electron chi connectivity index (χ3n) is 6.79. The molecule has 2 atom stereocenters. The maximum absolute atomic E-state index is 13.1. The molecular weight excluding hydrogens is 512 g/mol. The van der Waals surface area contributed by atoms with E-state index in [-0.39, 0.29) is 30.2 Å². The van der Waals surface area contributed by atoms with Crippen LogP contribution in [-0.2, 0) is 23.1 Å². The maximum Gasteiger partial charge on any atom is 0.302 e. The number of carbonyl (C=O) groups is 1. The fraction of sp³-hybridized carbons (Fsp3) is 0.520. The largest absolute Gasteiger partial charge is 0.396 e. The number of fused-ring (bicyclic) bond motifs is 2. The maximum atomic E-state index is 13.1. The molecule has 0 aliphatic heterocycles. The molecule has 0 aromatic carbocycles. The average Bonchev–Trinajstić information content (AvgIpc) is 3.24. The number of aryl methyl sites for hydroxylation is 1. The van der Waals surface area contributed by atoms with Crippen LogP contribution < -0.4 is 10.0 Å². The Labute approximate surface area is 221 Å². The SMILES string of the molecule is CN(C)S(=O)(=O)Nc1ccc(C(CCO)NC(=O)c2nc3cc4c(nc3s2)CC[C@H](C(C)(C)C)C4)cn1. The zero-order chi connectivity index (χ0) is 27.0. The summed E-state index contributed by atoms with van der Waals surface area (Å²) in [5.74, 6) is 0.379. The van der Waals surface area contributed by atoms with Gasteiger partial charge in [-0.05, 0) is 60.3 Å². The lowest BCUT2D eigenvalue weighted by Gasteiger charge is -2.34. The van der Waals surface area contributed by atoms with E-state index < -0.39 is 16.3 Å². The number of aliphatic hydroxyl groups is 1. The van der Waals surface area contributed by atoms with Crippen molar-refractivity contribution in [1.82, 2.24) is 24.6 Å². The molecule has 12 heteroatoms. The number of anilines is 1. The van der Waals surface area contributed by atoms with Crippen LogP contribution in [0.2, 0.25) is 0 Å². The Hall–Kier alpha value is -2.67. The summed E-state index contributed by atoms with van der Waals surface area (Å²) in [5, 5.41) is 12.8. The van der Waals surface area contributed by atoms with Crippen LogP contribution in [0.15, 0.2) is 24.4 Å². The van der Waals surface area contributed by atoms with Crippen LogP contribution in [0.3, 0.4) is 0 Å². The molecule has 0 radical (unpaired) electrons. The van der Waals surface area contributed by atoms with Gasteiger partial charge in [0, 0.05) is 32.6 Å². The van der Waals surface area contributed by atoms with Gasteiger partial charge < -0.3 is 10.4 Å². The molecule has 0 fully saturated rings. The van der Waals surface area contributed by atoms with Crippen molar-refractivity contribution in [1.29, 1.82) is 0 Å². The predicted molar refractivity (Wildman–Crippen MR) is 145 cm³/mol. The van der Waals surface area contributed by atoms with E-state index in [0.717, 1.165) is 39.6 Å². The van der Waals surface area contributed by atoms with Crippen LogP contribution >= 0.6 is 11.3 Å². The summed E-state index contributed by atoms with van der Waals surface area (Å²) in [6.07, 6.45) is 4.75. The number of carbonyl (C=O) groups excluding carboxylic acids is 1. The summed E-state index contributed by atoms with van der Waals surface area (Å²) < 4.78 is 27.4. The number of aliphatic hydroxyl groups excluding tert-OH is 1. The monoisotopic (exact) mass is 546 g/mol. The number of hydrogen-bond acceptors (Lipinski definition) is 8. The van der Waals surface area contributed by atoms with Gasteiger partial charge in [0.05, 0.1) is 6.04 Å². The third kappa shape index (κ3) is 6.25. The summed E-state index contributed by atoms with van der Waals surface area (Å²) in [5.41, 5.74) is 3.90. The molecule has 3 N–H and O–H groups in total. The van der Waals surface area contributed by atoms with Gasteiger partial charge in [0.25, 0.3) is 5.91 Å². The Bertz CT molecular complexity index is 1380. The first-order valence-corrected chi connectivity index (χ1v) is 14.5. The Kier molecular flexibility index (Phi) is 7.84. The number of amides is 1. The number of aromatic nitrogens is 3. The van der Waals surface area contributed by atoms with E-state index in [9.17, 15) is 18.3 Å². The Balaban J connectivity index is 1.51. The van der Waals surface area contributed by atoms with E-state index in [4.69, 9.17) is 4.98 Å². The standard InChI is InChI=1S/C25H34N6O4S2/c1-25(2,3)17-7-8-18-16(12-17)13-20-23(28-18)36-24(29-20)22(33)27-19(10-11-32)15-6-9-21(26-14-15)30-37(34,35)31(4)5/h6,9,13-14,17,19,32H,7-8,10-12H2,1-5H3,(H,26,30)(H,27,33)/t17-,19?/m0/s1. The van der Waals surface area contributed by atoms with Crippen molar-refractivity contribution in [2.75, 3.05) is 25.4 Å². The molecule has 0 saturated heterocycles. The fourth-order valence-corrected chi connectivity index (χ4v) is 5.83. The molecule has 3 heterocycles. The summed E-state index contributed by atoms with van der Waals surface area (Å²) in [4.78, 5) is 27.4. The van der Waals surface area contributed by atoms with Gasteiger partial charge in [0.1, 0.15) is 16.2 Å². The van der Waals surface area contributed by atoms with E-state index >= 15 is 0 Å². The summed E-state index contributed by atoms with van der Waals surface area (Å²) in [6, 6.07) is 4.74. The Morgan fingerprint density at radius 3 is 2.65 bits per heavy atom. The fourth-order valence-electron chi connectivity index (χ4n) is 4.42. The number of pyridine rings is 2. The van der Waals surface area contributed by atoms with Gasteiger partial charge in [0.15, 0.2) is 5.01 Å². The molecular formula is C25H34N6O4S2. The smallest absolute Gasteiger partial charge is 0.302 e. The lowest BCUT2D eigenvalue weighted by molar-refractivity contribution is 0.0929. The predicted octanol–water partition coefficient (Wildman–Crippen LogP) is 3.31. The summed E-state index contributed by atoms with van der Waals surface area (Å²) >= 11 is 1.26. The second kappa shape index (κ2) is 10.6. The van der Waals surface area contributed by atoms with Gasteiger partial charge in [-0.2, -0.15) is 12.7 Å². The van der Waals surface area contributed by atoms with Gasteiger partial charge >= 0.3 is 10.2 Å². The van der Waals surface area contributed by atoms with Crippen LogP contribution in [-0.4, -0.2) is 59.4 Å². The highest BCUT2D eigenvalue weighted by Gasteiger charge is 2.30. The van der Waals surface area contributed by atoms with E-state index in [0.29, 0.717) is 16.5 Å². The Morgan fingerprint density at radius 1 is 1.27 bits per heavy atom. The number of rotatable bonds is 8. The minimum Gasteiger partial charge on any atom is -0.396 e. The van der Waals surface area contributed by atoms with Crippen LogP contribution in [0, 0.1) is 11.3 Å². The van der Waals surface area contributed by atoms with Gasteiger partial charge in [0.2, 0.25) is 0 Å². The second-order valence-electron chi connectivity index (χ2n) is 10.6. The van der Waals surface area contributed by atoms with E-state index in [2.05, 4.69) is 46.8 Å². The molecule has 1 aliphatic carbocycles.